The van der Waals surface area contributed by atoms with Crippen LogP contribution in [0.1, 0.15) is 30.3 Å². The van der Waals surface area contributed by atoms with E-state index >= 15 is 0 Å². The molecule has 17 heavy (non-hydrogen) atoms. The quantitative estimate of drug-likeness (QED) is 0.841. The van der Waals surface area contributed by atoms with Gasteiger partial charge in [-0.3, -0.25) is 0 Å². The molecule has 2 rings (SSSR count). The molecule has 1 aromatic carbocycles. The number of halogens is 1. The second kappa shape index (κ2) is 4.89. The molecule has 0 radical (unpaired) electrons. The first-order valence-electron chi connectivity index (χ1n) is 5.59. The lowest BCUT2D eigenvalue weighted by atomic mass is 9.98. The van der Waals surface area contributed by atoms with E-state index in [-0.39, 0.29) is 6.54 Å². The summed E-state index contributed by atoms with van der Waals surface area (Å²) in [7, 11) is 0. The molecule has 2 unspecified atom stereocenters. The number of fused-ring (bicyclic) bond motifs is 1. The summed E-state index contributed by atoms with van der Waals surface area (Å²) >= 11 is 0. The molecule has 0 saturated carbocycles. The molecule has 2 atom stereocenters. The number of nitrogens with two attached hydrogens (primary N) is 1. The first kappa shape index (κ1) is 12.1. The summed E-state index contributed by atoms with van der Waals surface area (Å²) in [5.74, 6) is 1.05. The van der Waals surface area contributed by atoms with Crippen LogP contribution in [0.5, 0.6) is 11.5 Å². The highest BCUT2D eigenvalue weighted by molar-refractivity contribution is 5.49. The predicted molar refractivity (Wildman–Crippen MR) is 61.0 cm³/mol. The van der Waals surface area contributed by atoms with E-state index in [1.54, 1.807) is 12.1 Å². The molecule has 1 aromatic rings. The van der Waals surface area contributed by atoms with Gasteiger partial charge in [0.05, 0.1) is 6.10 Å². The number of rotatable bonds is 3. The minimum Gasteiger partial charge on any atom is -0.486 e. The van der Waals surface area contributed by atoms with E-state index < -0.39 is 12.3 Å². The number of aliphatic hydroxyl groups is 1. The molecular formula is C12H16FNO3. The fraction of sp³-hybridized carbons (Fsp3) is 0.500. The molecule has 0 bridgehead atoms. The third-order valence-electron chi connectivity index (χ3n) is 2.76. The van der Waals surface area contributed by atoms with Crippen LogP contribution in [-0.4, -0.2) is 24.9 Å². The smallest absolute Gasteiger partial charge is 0.161 e. The maximum atomic E-state index is 13.5. The first-order valence-corrected chi connectivity index (χ1v) is 5.59. The van der Waals surface area contributed by atoms with E-state index in [1.807, 2.05) is 0 Å². The van der Waals surface area contributed by atoms with Crippen molar-refractivity contribution in [1.29, 1.82) is 0 Å². The van der Waals surface area contributed by atoms with Crippen LogP contribution in [0, 0.1) is 0 Å². The molecule has 5 heteroatoms. The molecule has 0 amide bonds. The Morgan fingerprint density at radius 1 is 1.29 bits per heavy atom. The van der Waals surface area contributed by atoms with Gasteiger partial charge in [-0.2, -0.15) is 0 Å². The fourth-order valence-corrected chi connectivity index (χ4v) is 1.88. The largest absolute Gasteiger partial charge is 0.486 e. The summed E-state index contributed by atoms with van der Waals surface area (Å²) in [5, 5.41) is 9.77. The van der Waals surface area contributed by atoms with Crippen molar-refractivity contribution in [3.8, 4) is 11.5 Å². The predicted octanol–water partition coefficient (Wildman–Crippen LogP) is 1.48. The van der Waals surface area contributed by atoms with Crippen molar-refractivity contribution in [2.45, 2.75) is 19.2 Å². The van der Waals surface area contributed by atoms with E-state index in [2.05, 4.69) is 0 Å². The van der Waals surface area contributed by atoms with Gasteiger partial charge < -0.3 is 20.3 Å². The van der Waals surface area contributed by atoms with Crippen molar-refractivity contribution >= 4 is 0 Å². The number of benzene rings is 1. The zero-order valence-corrected chi connectivity index (χ0v) is 9.65. The molecule has 1 aliphatic rings. The Morgan fingerprint density at radius 3 is 2.29 bits per heavy atom. The first-order chi connectivity index (χ1) is 8.13. The molecular weight excluding hydrogens is 225 g/mol. The van der Waals surface area contributed by atoms with E-state index in [4.69, 9.17) is 15.2 Å². The van der Waals surface area contributed by atoms with Gasteiger partial charge in [-0.05, 0) is 30.2 Å². The summed E-state index contributed by atoms with van der Waals surface area (Å²) in [6.07, 6.45) is -2.08. The molecule has 3 N–H and O–H groups in total. The highest BCUT2D eigenvalue weighted by Gasteiger charge is 2.21. The van der Waals surface area contributed by atoms with E-state index in [0.29, 0.717) is 35.8 Å². The van der Waals surface area contributed by atoms with Gasteiger partial charge in [-0.25, -0.2) is 4.39 Å². The van der Waals surface area contributed by atoms with Crippen LogP contribution in [-0.2, 0) is 0 Å². The average Bonchev–Trinajstić information content (AvgIpc) is 2.36. The zero-order chi connectivity index (χ0) is 12.4. The number of hydrogen-bond donors (Lipinski definition) is 2. The second-order valence-electron chi connectivity index (χ2n) is 3.99. The van der Waals surface area contributed by atoms with Gasteiger partial charge in [0.2, 0.25) is 0 Å². The maximum absolute atomic E-state index is 13.5. The van der Waals surface area contributed by atoms with E-state index in [1.165, 1.54) is 6.92 Å². The van der Waals surface area contributed by atoms with Crippen molar-refractivity contribution < 1.29 is 19.0 Å². The molecule has 1 aliphatic heterocycles. The normalized spacial score (nSPS) is 17.6. The van der Waals surface area contributed by atoms with Crippen LogP contribution >= 0.6 is 0 Å². The van der Waals surface area contributed by atoms with Crippen molar-refractivity contribution in [2.75, 3.05) is 19.8 Å². The lowest BCUT2D eigenvalue weighted by Gasteiger charge is -2.23. The third-order valence-corrected chi connectivity index (χ3v) is 2.76. The van der Waals surface area contributed by atoms with Crippen molar-refractivity contribution in [2.24, 2.45) is 5.73 Å². The van der Waals surface area contributed by atoms with Gasteiger partial charge >= 0.3 is 0 Å². The van der Waals surface area contributed by atoms with Crippen molar-refractivity contribution in [1.82, 2.24) is 0 Å². The minimum absolute atomic E-state index is 0.0410. The molecule has 0 saturated heterocycles. The second-order valence-corrected chi connectivity index (χ2v) is 3.99. The number of aliphatic hydroxyl groups excluding tert-OH is 1. The molecule has 1 heterocycles. The number of ether oxygens (including phenoxy) is 2. The van der Waals surface area contributed by atoms with Crippen LogP contribution in [0.25, 0.3) is 0 Å². The Hall–Kier alpha value is -1.33. The SMILES string of the molecule is CC(F)c1cc2c(cc1C(O)CN)OCCO2. The highest BCUT2D eigenvalue weighted by Crippen LogP contribution is 2.38. The fourth-order valence-electron chi connectivity index (χ4n) is 1.88. The van der Waals surface area contributed by atoms with Crippen LogP contribution in [0.15, 0.2) is 12.1 Å². The topological polar surface area (TPSA) is 64.7 Å². The summed E-state index contributed by atoms with van der Waals surface area (Å²) in [6.45, 7) is 2.36. The Labute approximate surface area is 99.1 Å². The van der Waals surface area contributed by atoms with Crippen molar-refractivity contribution in [3.05, 3.63) is 23.3 Å². The molecule has 94 valence electrons. The van der Waals surface area contributed by atoms with E-state index in [9.17, 15) is 9.50 Å². The monoisotopic (exact) mass is 241 g/mol. The Bertz CT molecular complexity index is 409. The van der Waals surface area contributed by atoms with Crippen LogP contribution in [0.3, 0.4) is 0 Å². The maximum Gasteiger partial charge on any atom is 0.161 e. The van der Waals surface area contributed by atoms with Gasteiger partial charge in [-0.15, -0.1) is 0 Å². The Kier molecular flexibility index (Phi) is 3.49. The minimum atomic E-state index is -1.19. The third kappa shape index (κ3) is 2.35. The van der Waals surface area contributed by atoms with Crippen LogP contribution in [0.4, 0.5) is 4.39 Å². The summed E-state index contributed by atoms with van der Waals surface area (Å²) in [6, 6.07) is 3.19. The summed E-state index contributed by atoms with van der Waals surface area (Å²) < 4.78 is 24.3. The Morgan fingerprint density at radius 2 is 1.82 bits per heavy atom. The average molecular weight is 241 g/mol. The molecule has 0 fully saturated rings. The highest BCUT2D eigenvalue weighted by atomic mass is 19.1. The van der Waals surface area contributed by atoms with Gasteiger partial charge in [-0.1, -0.05) is 0 Å². The van der Waals surface area contributed by atoms with Gasteiger partial charge in [0.1, 0.15) is 19.4 Å². The van der Waals surface area contributed by atoms with Crippen LogP contribution in [0.2, 0.25) is 0 Å². The van der Waals surface area contributed by atoms with Crippen LogP contribution < -0.4 is 15.2 Å². The van der Waals surface area contributed by atoms with Gasteiger partial charge in [0.15, 0.2) is 11.5 Å². The van der Waals surface area contributed by atoms with Crippen molar-refractivity contribution in [3.63, 3.8) is 0 Å². The molecule has 0 spiro atoms. The lowest BCUT2D eigenvalue weighted by Crippen LogP contribution is -2.18. The standard InChI is InChI=1S/C12H16FNO3/c1-7(13)8-4-11-12(17-3-2-16-11)5-9(8)10(15)6-14/h4-5,7,10,15H,2-3,6,14H2,1H3. The summed E-state index contributed by atoms with van der Waals surface area (Å²) in [5.41, 5.74) is 6.26. The number of hydrogen-bond acceptors (Lipinski definition) is 4. The Balaban J connectivity index is 2.48. The van der Waals surface area contributed by atoms with Gasteiger partial charge in [0, 0.05) is 6.54 Å². The zero-order valence-electron chi connectivity index (χ0n) is 9.65. The molecule has 0 aromatic heterocycles. The number of alkyl halides is 1. The van der Waals surface area contributed by atoms with E-state index in [0.717, 1.165) is 0 Å². The molecule has 0 aliphatic carbocycles. The summed E-state index contributed by atoms with van der Waals surface area (Å²) in [4.78, 5) is 0. The van der Waals surface area contributed by atoms with Gasteiger partial charge in [0.25, 0.3) is 0 Å². The molecule has 4 nitrogen and oxygen atoms in total. The lowest BCUT2D eigenvalue weighted by molar-refractivity contribution is 0.164.